The molecule has 23 heavy (non-hydrogen) atoms. The van der Waals surface area contributed by atoms with E-state index in [1.54, 1.807) is 0 Å². The second kappa shape index (κ2) is 6.91. The van der Waals surface area contributed by atoms with E-state index < -0.39 is 0 Å². The summed E-state index contributed by atoms with van der Waals surface area (Å²) in [6, 6.07) is 6.30. The zero-order valence-electron chi connectivity index (χ0n) is 14.3. The second-order valence-electron chi connectivity index (χ2n) is 7.09. The minimum Gasteiger partial charge on any atom is -0.490 e. The van der Waals surface area contributed by atoms with E-state index >= 15 is 0 Å². The highest BCUT2D eigenvalue weighted by Crippen LogP contribution is 2.28. The van der Waals surface area contributed by atoms with Crippen LogP contribution in [0.3, 0.4) is 0 Å². The molecule has 0 radical (unpaired) electrons. The number of nitrogens with two attached hydrogens (primary N) is 1. The smallest absolute Gasteiger partial charge is 0.227 e. The Hall–Kier alpha value is -1.55. The molecule has 1 amide bonds. The average Bonchev–Trinajstić information content (AvgIpc) is 2.97. The van der Waals surface area contributed by atoms with Crippen LogP contribution in [-0.2, 0) is 4.79 Å². The number of likely N-dealkylation sites (tertiary alicyclic amines) is 1. The number of aryl methyl sites for hydroxylation is 2. The highest BCUT2D eigenvalue weighted by molar-refractivity contribution is 5.80. The van der Waals surface area contributed by atoms with Crippen molar-refractivity contribution in [2.24, 2.45) is 11.7 Å². The molecule has 1 saturated heterocycles. The molecule has 1 aliphatic carbocycles. The standard InChI is InChI=1S/C19H28N2O2/c1-13-6-7-16(12-14(13)2)23-15-8-10-21(11-9-15)19(22)17-4-3-5-18(17)20/h6-7,12,15,17-18H,3-5,8-11,20H2,1-2H3/t17-,18+/m0/s1. The summed E-state index contributed by atoms with van der Waals surface area (Å²) >= 11 is 0. The summed E-state index contributed by atoms with van der Waals surface area (Å²) in [4.78, 5) is 14.6. The Bertz CT molecular complexity index is 564. The molecule has 0 unspecified atom stereocenters. The van der Waals surface area contributed by atoms with Crippen LogP contribution in [0.1, 0.15) is 43.2 Å². The van der Waals surface area contributed by atoms with Gasteiger partial charge in [-0.05, 0) is 49.9 Å². The minimum atomic E-state index is 0.0483. The van der Waals surface area contributed by atoms with Crippen LogP contribution in [0.2, 0.25) is 0 Å². The summed E-state index contributed by atoms with van der Waals surface area (Å²) in [5.74, 6) is 1.25. The van der Waals surface area contributed by atoms with Gasteiger partial charge in [-0.1, -0.05) is 12.5 Å². The van der Waals surface area contributed by atoms with Crippen molar-refractivity contribution in [3.63, 3.8) is 0 Å². The van der Waals surface area contributed by atoms with Crippen molar-refractivity contribution in [3.8, 4) is 5.75 Å². The lowest BCUT2D eigenvalue weighted by atomic mass is 10.00. The van der Waals surface area contributed by atoms with E-state index in [4.69, 9.17) is 10.5 Å². The molecule has 2 N–H and O–H groups in total. The van der Waals surface area contributed by atoms with Crippen molar-refractivity contribution in [2.45, 2.75) is 58.1 Å². The molecular formula is C19H28N2O2. The van der Waals surface area contributed by atoms with Crippen LogP contribution in [0, 0.1) is 19.8 Å². The minimum absolute atomic E-state index is 0.0483. The van der Waals surface area contributed by atoms with Gasteiger partial charge in [0.2, 0.25) is 5.91 Å². The van der Waals surface area contributed by atoms with E-state index in [0.29, 0.717) is 0 Å². The number of amides is 1. The van der Waals surface area contributed by atoms with Crippen LogP contribution in [0.5, 0.6) is 5.75 Å². The Kier molecular flexibility index (Phi) is 4.90. The van der Waals surface area contributed by atoms with Gasteiger partial charge in [0.05, 0.1) is 5.92 Å². The van der Waals surface area contributed by atoms with Crippen molar-refractivity contribution in [3.05, 3.63) is 29.3 Å². The van der Waals surface area contributed by atoms with Crippen molar-refractivity contribution >= 4 is 5.91 Å². The molecule has 3 rings (SSSR count). The number of benzene rings is 1. The number of ether oxygens (including phenoxy) is 1. The molecule has 4 heteroatoms. The summed E-state index contributed by atoms with van der Waals surface area (Å²) < 4.78 is 6.10. The van der Waals surface area contributed by atoms with Gasteiger partial charge in [-0.15, -0.1) is 0 Å². The van der Waals surface area contributed by atoms with Gasteiger partial charge < -0.3 is 15.4 Å². The van der Waals surface area contributed by atoms with Crippen LogP contribution in [-0.4, -0.2) is 36.0 Å². The first-order valence-corrected chi connectivity index (χ1v) is 8.83. The Morgan fingerprint density at radius 2 is 1.87 bits per heavy atom. The first-order valence-electron chi connectivity index (χ1n) is 8.83. The molecule has 1 aromatic carbocycles. The quantitative estimate of drug-likeness (QED) is 0.933. The van der Waals surface area contributed by atoms with Gasteiger partial charge in [0.1, 0.15) is 11.9 Å². The highest BCUT2D eigenvalue weighted by Gasteiger charge is 2.35. The zero-order chi connectivity index (χ0) is 16.4. The predicted octanol–water partition coefficient (Wildman–Crippen LogP) is 2.80. The number of hydrogen-bond donors (Lipinski definition) is 1. The molecule has 4 nitrogen and oxygen atoms in total. The molecular weight excluding hydrogens is 288 g/mol. The van der Waals surface area contributed by atoms with Gasteiger partial charge in [0.15, 0.2) is 0 Å². The average molecular weight is 316 g/mol. The maximum absolute atomic E-state index is 12.6. The number of carbonyl (C=O) groups is 1. The molecule has 2 atom stereocenters. The number of rotatable bonds is 3. The Morgan fingerprint density at radius 1 is 1.13 bits per heavy atom. The fraction of sp³-hybridized carbons (Fsp3) is 0.632. The first kappa shape index (κ1) is 16.3. The maximum atomic E-state index is 12.6. The van der Waals surface area contributed by atoms with E-state index in [-0.39, 0.29) is 24.0 Å². The Labute approximate surface area is 139 Å². The molecule has 0 bridgehead atoms. The van der Waals surface area contributed by atoms with Gasteiger partial charge in [-0.25, -0.2) is 0 Å². The lowest BCUT2D eigenvalue weighted by Gasteiger charge is -2.34. The lowest BCUT2D eigenvalue weighted by molar-refractivity contribution is -0.137. The molecule has 1 saturated carbocycles. The molecule has 1 aromatic rings. The molecule has 126 valence electrons. The summed E-state index contributed by atoms with van der Waals surface area (Å²) in [7, 11) is 0. The van der Waals surface area contributed by atoms with Crippen LogP contribution in [0.25, 0.3) is 0 Å². The summed E-state index contributed by atoms with van der Waals surface area (Å²) in [5, 5.41) is 0. The first-order chi connectivity index (χ1) is 11.0. The van der Waals surface area contributed by atoms with Crippen LogP contribution >= 0.6 is 0 Å². The van der Waals surface area contributed by atoms with E-state index in [9.17, 15) is 4.79 Å². The molecule has 2 aliphatic rings. The Balaban J connectivity index is 1.52. The Morgan fingerprint density at radius 3 is 2.48 bits per heavy atom. The number of piperidine rings is 1. The van der Waals surface area contributed by atoms with Crippen molar-refractivity contribution in [1.29, 1.82) is 0 Å². The SMILES string of the molecule is Cc1ccc(OC2CCN(C(=O)[C@H]3CCC[C@H]3N)CC2)cc1C. The van der Waals surface area contributed by atoms with E-state index in [2.05, 4.69) is 26.0 Å². The zero-order valence-corrected chi connectivity index (χ0v) is 14.3. The largest absolute Gasteiger partial charge is 0.490 e. The van der Waals surface area contributed by atoms with Crippen molar-refractivity contribution < 1.29 is 9.53 Å². The molecule has 1 heterocycles. The fourth-order valence-electron chi connectivity index (χ4n) is 3.70. The third-order valence-corrected chi connectivity index (χ3v) is 5.42. The fourth-order valence-corrected chi connectivity index (χ4v) is 3.70. The summed E-state index contributed by atoms with van der Waals surface area (Å²) in [6.45, 7) is 5.79. The van der Waals surface area contributed by atoms with E-state index in [1.807, 2.05) is 11.0 Å². The van der Waals surface area contributed by atoms with Gasteiger partial charge in [0, 0.05) is 32.0 Å². The third kappa shape index (κ3) is 3.69. The molecule has 0 spiro atoms. The third-order valence-electron chi connectivity index (χ3n) is 5.42. The molecule has 2 fully saturated rings. The van der Waals surface area contributed by atoms with Crippen LogP contribution < -0.4 is 10.5 Å². The normalized spacial score (nSPS) is 25.6. The van der Waals surface area contributed by atoms with Crippen LogP contribution in [0.15, 0.2) is 18.2 Å². The lowest BCUT2D eigenvalue weighted by Crippen LogP contribution is -2.47. The van der Waals surface area contributed by atoms with E-state index in [1.165, 1.54) is 11.1 Å². The summed E-state index contributed by atoms with van der Waals surface area (Å²) in [5.41, 5.74) is 8.61. The van der Waals surface area contributed by atoms with E-state index in [0.717, 1.165) is 50.9 Å². The van der Waals surface area contributed by atoms with Gasteiger partial charge >= 0.3 is 0 Å². The molecule has 1 aliphatic heterocycles. The number of nitrogens with zero attached hydrogens (tertiary/aromatic N) is 1. The van der Waals surface area contributed by atoms with Gasteiger partial charge in [-0.2, -0.15) is 0 Å². The highest BCUT2D eigenvalue weighted by atomic mass is 16.5. The van der Waals surface area contributed by atoms with Gasteiger partial charge in [0.25, 0.3) is 0 Å². The number of hydrogen-bond acceptors (Lipinski definition) is 3. The van der Waals surface area contributed by atoms with Gasteiger partial charge in [-0.3, -0.25) is 4.79 Å². The maximum Gasteiger partial charge on any atom is 0.227 e. The monoisotopic (exact) mass is 316 g/mol. The topological polar surface area (TPSA) is 55.6 Å². The predicted molar refractivity (Wildman–Crippen MR) is 91.5 cm³/mol. The second-order valence-corrected chi connectivity index (χ2v) is 7.09. The number of carbonyl (C=O) groups excluding carboxylic acids is 1. The summed E-state index contributed by atoms with van der Waals surface area (Å²) in [6.07, 6.45) is 5.05. The van der Waals surface area contributed by atoms with Crippen molar-refractivity contribution in [2.75, 3.05) is 13.1 Å². The van der Waals surface area contributed by atoms with Crippen molar-refractivity contribution in [1.82, 2.24) is 4.90 Å². The molecule has 0 aromatic heterocycles. The van der Waals surface area contributed by atoms with Crippen LogP contribution in [0.4, 0.5) is 0 Å².